The summed E-state index contributed by atoms with van der Waals surface area (Å²) >= 11 is 11.8. The number of benzene rings is 1. The minimum Gasteiger partial charge on any atom is -0.506 e. The summed E-state index contributed by atoms with van der Waals surface area (Å²) < 4.78 is 0. The van der Waals surface area contributed by atoms with Crippen molar-refractivity contribution in [1.29, 1.82) is 0 Å². The van der Waals surface area contributed by atoms with Crippen molar-refractivity contribution >= 4 is 23.2 Å². The Morgan fingerprint density at radius 1 is 1.39 bits per heavy atom. The monoisotopic (exact) mass is 289 g/mol. The van der Waals surface area contributed by atoms with Crippen LogP contribution in [0.2, 0.25) is 10.0 Å². The average molecular weight is 290 g/mol. The molecule has 1 aliphatic carbocycles. The summed E-state index contributed by atoms with van der Waals surface area (Å²) in [5, 5.41) is 23.6. The van der Waals surface area contributed by atoms with Crippen molar-refractivity contribution in [2.24, 2.45) is 5.41 Å². The van der Waals surface area contributed by atoms with Gasteiger partial charge in [0.05, 0.1) is 11.1 Å². The van der Waals surface area contributed by atoms with Crippen molar-refractivity contribution in [1.82, 2.24) is 5.32 Å². The summed E-state index contributed by atoms with van der Waals surface area (Å²) in [6, 6.07) is 3.43. The highest BCUT2D eigenvalue weighted by Crippen LogP contribution is 2.41. The Morgan fingerprint density at radius 3 is 2.61 bits per heavy atom. The molecule has 1 fully saturated rings. The quantitative estimate of drug-likeness (QED) is 0.802. The molecule has 2 rings (SSSR count). The van der Waals surface area contributed by atoms with E-state index in [1.165, 1.54) is 6.07 Å². The number of phenols is 1. The lowest BCUT2D eigenvalue weighted by Crippen LogP contribution is -2.59. The second-order valence-electron chi connectivity index (χ2n) is 5.40. The van der Waals surface area contributed by atoms with Crippen LogP contribution >= 0.6 is 23.2 Å². The average Bonchev–Trinajstić information content (AvgIpc) is 2.29. The van der Waals surface area contributed by atoms with Gasteiger partial charge in [-0.15, -0.1) is 0 Å². The number of phenolic OH excluding ortho intramolecular Hbond substituents is 1. The first-order valence-electron chi connectivity index (χ1n) is 5.90. The van der Waals surface area contributed by atoms with Gasteiger partial charge in [0, 0.05) is 28.6 Å². The molecule has 1 aromatic carbocycles. The van der Waals surface area contributed by atoms with Crippen LogP contribution in [0.1, 0.15) is 25.8 Å². The number of aliphatic hydroxyl groups excluding tert-OH is 1. The number of aliphatic hydroxyl groups is 1. The molecule has 0 heterocycles. The van der Waals surface area contributed by atoms with Crippen LogP contribution in [-0.2, 0) is 6.54 Å². The third-order valence-corrected chi connectivity index (χ3v) is 4.37. The van der Waals surface area contributed by atoms with Crippen LogP contribution in [0.15, 0.2) is 12.1 Å². The minimum atomic E-state index is -0.272. The highest BCUT2D eigenvalue weighted by Gasteiger charge is 2.46. The summed E-state index contributed by atoms with van der Waals surface area (Å²) in [5.41, 5.74) is 0.530. The van der Waals surface area contributed by atoms with Gasteiger partial charge in [-0.25, -0.2) is 0 Å². The highest BCUT2D eigenvalue weighted by atomic mass is 35.5. The largest absolute Gasteiger partial charge is 0.506 e. The Kier molecular flexibility index (Phi) is 3.79. The molecule has 0 saturated heterocycles. The van der Waals surface area contributed by atoms with E-state index in [1.54, 1.807) is 6.07 Å². The second-order valence-corrected chi connectivity index (χ2v) is 6.25. The maximum Gasteiger partial charge on any atom is 0.138 e. The zero-order chi connectivity index (χ0) is 13.5. The predicted molar refractivity (Wildman–Crippen MR) is 73.2 cm³/mol. The summed E-state index contributed by atoms with van der Waals surface area (Å²) in [4.78, 5) is 0. The molecular formula is C13H17Cl2NO2. The van der Waals surface area contributed by atoms with Crippen LogP contribution in [0.5, 0.6) is 5.75 Å². The molecule has 2 unspecified atom stereocenters. The fourth-order valence-electron chi connectivity index (χ4n) is 2.24. The number of rotatable bonds is 3. The number of halogens is 2. The first kappa shape index (κ1) is 13.9. The molecule has 100 valence electrons. The van der Waals surface area contributed by atoms with Gasteiger partial charge in [0.1, 0.15) is 5.75 Å². The van der Waals surface area contributed by atoms with E-state index in [0.717, 1.165) is 6.42 Å². The van der Waals surface area contributed by atoms with Crippen molar-refractivity contribution in [3.8, 4) is 5.75 Å². The lowest BCUT2D eigenvalue weighted by Gasteiger charge is -2.49. The summed E-state index contributed by atoms with van der Waals surface area (Å²) in [6.45, 7) is 4.51. The van der Waals surface area contributed by atoms with Gasteiger partial charge in [0.15, 0.2) is 0 Å². The van der Waals surface area contributed by atoms with E-state index >= 15 is 0 Å². The molecule has 0 aromatic heterocycles. The van der Waals surface area contributed by atoms with Crippen molar-refractivity contribution in [3.05, 3.63) is 27.7 Å². The number of aromatic hydroxyl groups is 1. The van der Waals surface area contributed by atoms with Crippen molar-refractivity contribution < 1.29 is 10.2 Å². The topological polar surface area (TPSA) is 52.5 Å². The van der Waals surface area contributed by atoms with Crippen LogP contribution in [0, 0.1) is 5.41 Å². The van der Waals surface area contributed by atoms with Gasteiger partial charge in [-0.1, -0.05) is 37.0 Å². The molecule has 0 spiro atoms. The summed E-state index contributed by atoms with van der Waals surface area (Å²) in [5.74, 6) is 0.0613. The molecule has 1 aromatic rings. The highest BCUT2D eigenvalue weighted by molar-refractivity contribution is 6.35. The first-order valence-corrected chi connectivity index (χ1v) is 6.66. The Hall–Kier alpha value is -0.480. The lowest BCUT2D eigenvalue weighted by molar-refractivity contribution is -0.0730. The van der Waals surface area contributed by atoms with Crippen LogP contribution in [-0.4, -0.2) is 22.4 Å². The molecule has 18 heavy (non-hydrogen) atoms. The van der Waals surface area contributed by atoms with Gasteiger partial charge in [0.2, 0.25) is 0 Å². The lowest BCUT2D eigenvalue weighted by atomic mass is 9.64. The van der Waals surface area contributed by atoms with Gasteiger partial charge in [0.25, 0.3) is 0 Å². The maximum absolute atomic E-state index is 9.83. The summed E-state index contributed by atoms with van der Waals surface area (Å²) in [7, 11) is 0. The molecule has 3 nitrogen and oxygen atoms in total. The van der Waals surface area contributed by atoms with E-state index in [-0.39, 0.29) is 28.3 Å². The molecule has 0 aliphatic heterocycles. The first-order chi connectivity index (χ1) is 8.32. The fourth-order valence-corrected chi connectivity index (χ4v) is 2.77. The number of hydrogen-bond donors (Lipinski definition) is 3. The Bertz CT molecular complexity index is 463. The molecule has 5 heteroatoms. The minimum absolute atomic E-state index is 0.0613. The molecule has 0 bridgehead atoms. The van der Waals surface area contributed by atoms with Gasteiger partial charge in [-0.05, 0) is 18.6 Å². The smallest absolute Gasteiger partial charge is 0.138 e. The second kappa shape index (κ2) is 4.89. The van der Waals surface area contributed by atoms with Gasteiger partial charge in [-0.3, -0.25) is 0 Å². The van der Waals surface area contributed by atoms with Crippen molar-refractivity contribution in [3.63, 3.8) is 0 Å². The summed E-state index contributed by atoms with van der Waals surface area (Å²) in [6.07, 6.45) is 0.453. The molecular weight excluding hydrogens is 273 g/mol. The van der Waals surface area contributed by atoms with Gasteiger partial charge >= 0.3 is 0 Å². The SMILES string of the molecule is CC1(C)C(O)CC1NCc1cc(Cl)cc(Cl)c1O. The third-order valence-electron chi connectivity index (χ3n) is 3.86. The van der Waals surface area contributed by atoms with E-state index in [9.17, 15) is 10.2 Å². The molecule has 0 amide bonds. The molecule has 1 saturated carbocycles. The van der Waals surface area contributed by atoms with E-state index in [0.29, 0.717) is 17.1 Å². The number of nitrogens with one attached hydrogen (secondary N) is 1. The van der Waals surface area contributed by atoms with Crippen LogP contribution in [0.25, 0.3) is 0 Å². The zero-order valence-corrected chi connectivity index (χ0v) is 11.9. The van der Waals surface area contributed by atoms with Crippen LogP contribution < -0.4 is 5.32 Å². The molecule has 1 aliphatic rings. The van der Waals surface area contributed by atoms with Crippen molar-refractivity contribution in [2.45, 2.75) is 39.0 Å². The Morgan fingerprint density at radius 2 is 2.06 bits per heavy atom. The third kappa shape index (κ3) is 2.45. The standard InChI is InChI=1S/C13H17Cl2NO2/c1-13(2)10(5-11(13)17)16-6-7-3-8(14)4-9(15)12(7)18/h3-4,10-11,16-18H,5-6H2,1-2H3. The molecule has 3 N–H and O–H groups in total. The van der Waals surface area contributed by atoms with Crippen LogP contribution in [0.4, 0.5) is 0 Å². The van der Waals surface area contributed by atoms with Crippen LogP contribution in [0.3, 0.4) is 0 Å². The Labute approximate surface area is 117 Å². The van der Waals surface area contributed by atoms with Gasteiger partial charge < -0.3 is 15.5 Å². The zero-order valence-electron chi connectivity index (χ0n) is 10.4. The van der Waals surface area contributed by atoms with E-state index in [2.05, 4.69) is 5.32 Å². The van der Waals surface area contributed by atoms with Crippen molar-refractivity contribution in [2.75, 3.05) is 0 Å². The fraction of sp³-hybridized carbons (Fsp3) is 0.538. The van der Waals surface area contributed by atoms with E-state index < -0.39 is 0 Å². The van der Waals surface area contributed by atoms with E-state index in [4.69, 9.17) is 23.2 Å². The maximum atomic E-state index is 9.83. The predicted octanol–water partition coefficient (Wildman–Crippen LogP) is 2.95. The number of hydrogen-bond acceptors (Lipinski definition) is 3. The van der Waals surface area contributed by atoms with Gasteiger partial charge in [-0.2, -0.15) is 0 Å². The van der Waals surface area contributed by atoms with E-state index in [1.807, 2.05) is 13.8 Å². The Balaban J connectivity index is 2.04. The normalized spacial score (nSPS) is 25.8. The molecule has 0 radical (unpaired) electrons. The molecule has 2 atom stereocenters.